The number of aromatic nitrogens is 3. The summed E-state index contributed by atoms with van der Waals surface area (Å²) in [6, 6.07) is 6.67. The highest BCUT2D eigenvalue weighted by Crippen LogP contribution is 2.18. The number of rotatable bonds is 4. The van der Waals surface area contributed by atoms with Crippen LogP contribution in [-0.4, -0.2) is 26.6 Å². The van der Waals surface area contributed by atoms with Gasteiger partial charge in [0.1, 0.15) is 11.4 Å². The molecule has 0 fully saturated rings. The first-order chi connectivity index (χ1) is 12.8. The molecule has 0 bridgehead atoms. The lowest BCUT2D eigenvalue weighted by Gasteiger charge is -2.10. The summed E-state index contributed by atoms with van der Waals surface area (Å²) < 4.78 is 31.0. The Labute approximate surface area is 150 Å². The van der Waals surface area contributed by atoms with Gasteiger partial charge in [0, 0.05) is 19.7 Å². The number of benzene rings is 1. The van der Waals surface area contributed by atoms with Crippen LogP contribution in [0.15, 0.2) is 46.1 Å². The molecular weight excluding hydrogens is 362 g/mol. The van der Waals surface area contributed by atoms with Crippen LogP contribution in [0.25, 0.3) is 11.0 Å². The maximum atomic E-state index is 12.3. The SMILES string of the molecule is Cn1c(=O)c2cc(NC(=O)c3cccc(OC(F)F)c3)cnc2n(C)c1=O. The zero-order valence-electron chi connectivity index (χ0n) is 14.3. The van der Waals surface area contributed by atoms with Gasteiger partial charge in [-0.1, -0.05) is 6.07 Å². The number of carbonyl (C=O) groups is 1. The van der Waals surface area contributed by atoms with Gasteiger partial charge in [-0.05, 0) is 24.3 Å². The van der Waals surface area contributed by atoms with Gasteiger partial charge in [0.2, 0.25) is 0 Å². The molecule has 27 heavy (non-hydrogen) atoms. The molecule has 2 heterocycles. The Balaban J connectivity index is 1.94. The number of alkyl halides is 2. The second kappa shape index (κ2) is 6.98. The second-order valence-corrected chi connectivity index (χ2v) is 5.66. The van der Waals surface area contributed by atoms with Crippen molar-refractivity contribution in [3.05, 3.63) is 62.9 Å². The average molecular weight is 376 g/mol. The molecule has 0 spiro atoms. The molecule has 0 radical (unpaired) electrons. The lowest BCUT2D eigenvalue weighted by atomic mass is 10.2. The number of pyridine rings is 1. The first-order valence-electron chi connectivity index (χ1n) is 7.70. The van der Waals surface area contributed by atoms with Gasteiger partial charge in [-0.25, -0.2) is 9.78 Å². The molecule has 8 nitrogen and oxygen atoms in total. The van der Waals surface area contributed by atoms with E-state index in [1.807, 2.05) is 0 Å². The van der Waals surface area contributed by atoms with Crippen molar-refractivity contribution in [2.75, 3.05) is 5.32 Å². The van der Waals surface area contributed by atoms with Crippen LogP contribution in [0, 0.1) is 0 Å². The number of anilines is 1. The van der Waals surface area contributed by atoms with Gasteiger partial charge in [0.25, 0.3) is 11.5 Å². The molecule has 1 N–H and O–H groups in total. The third-order valence-electron chi connectivity index (χ3n) is 3.87. The summed E-state index contributed by atoms with van der Waals surface area (Å²) in [4.78, 5) is 40.6. The topological polar surface area (TPSA) is 95.2 Å². The van der Waals surface area contributed by atoms with Crippen molar-refractivity contribution in [1.29, 1.82) is 0 Å². The van der Waals surface area contributed by atoms with Crippen molar-refractivity contribution in [3.63, 3.8) is 0 Å². The molecule has 3 aromatic rings. The number of hydrogen-bond acceptors (Lipinski definition) is 5. The highest BCUT2D eigenvalue weighted by atomic mass is 19.3. The van der Waals surface area contributed by atoms with Gasteiger partial charge in [0.15, 0.2) is 0 Å². The van der Waals surface area contributed by atoms with Crippen LogP contribution in [0.5, 0.6) is 5.75 Å². The van der Waals surface area contributed by atoms with Crippen LogP contribution in [-0.2, 0) is 14.1 Å². The fraction of sp³-hybridized carbons (Fsp3) is 0.176. The predicted octanol–water partition coefficient (Wildman–Crippen LogP) is 1.49. The number of ether oxygens (including phenoxy) is 1. The molecule has 10 heteroatoms. The first-order valence-corrected chi connectivity index (χ1v) is 7.70. The first kappa shape index (κ1) is 18.2. The number of nitrogens with zero attached hydrogens (tertiary/aromatic N) is 3. The van der Waals surface area contributed by atoms with Crippen LogP contribution < -0.4 is 21.3 Å². The maximum absolute atomic E-state index is 12.3. The number of hydrogen-bond donors (Lipinski definition) is 1. The van der Waals surface area contributed by atoms with Crippen molar-refractivity contribution in [3.8, 4) is 5.75 Å². The highest BCUT2D eigenvalue weighted by Gasteiger charge is 2.13. The summed E-state index contributed by atoms with van der Waals surface area (Å²) in [5, 5.41) is 2.68. The minimum atomic E-state index is -3.00. The monoisotopic (exact) mass is 376 g/mol. The second-order valence-electron chi connectivity index (χ2n) is 5.66. The Hall–Kier alpha value is -3.56. The van der Waals surface area contributed by atoms with Gasteiger partial charge in [-0.3, -0.25) is 18.7 Å². The van der Waals surface area contributed by atoms with E-state index in [1.165, 1.54) is 55.2 Å². The minimum absolute atomic E-state index is 0.0848. The standard InChI is InChI=1S/C17H14F2N4O4/c1-22-13-12(15(25)23(2)17(22)26)7-10(8-20-13)21-14(24)9-4-3-5-11(6-9)27-16(18)19/h3-8,16H,1-2H3,(H,21,24). The molecule has 2 aromatic heterocycles. The zero-order valence-corrected chi connectivity index (χ0v) is 14.3. The smallest absolute Gasteiger partial charge is 0.387 e. The lowest BCUT2D eigenvalue weighted by molar-refractivity contribution is -0.0498. The minimum Gasteiger partial charge on any atom is -0.435 e. The number of carbonyl (C=O) groups excluding carboxylic acids is 1. The molecule has 0 atom stereocenters. The van der Waals surface area contributed by atoms with Crippen molar-refractivity contribution in [1.82, 2.24) is 14.1 Å². The number of halogens is 2. The van der Waals surface area contributed by atoms with Crippen molar-refractivity contribution >= 4 is 22.6 Å². The van der Waals surface area contributed by atoms with Crippen LogP contribution >= 0.6 is 0 Å². The molecule has 0 aliphatic rings. The van der Waals surface area contributed by atoms with E-state index in [0.29, 0.717) is 0 Å². The fourth-order valence-corrected chi connectivity index (χ4v) is 2.55. The summed E-state index contributed by atoms with van der Waals surface area (Å²) in [5.41, 5.74) is -0.602. The van der Waals surface area contributed by atoms with E-state index in [9.17, 15) is 23.2 Å². The Morgan fingerprint density at radius 1 is 1.19 bits per heavy atom. The average Bonchev–Trinajstić information content (AvgIpc) is 2.64. The summed E-state index contributed by atoms with van der Waals surface area (Å²) in [7, 11) is 2.81. The van der Waals surface area contributed by atoms with Crippen molar-refractivity contribution in [2.45, 2.75) is 6.61 Å². The summed E-state index contributed by atoms with van der Waals surface area (Å²) >= 11 is 0. The molecule has 140 valence electrons. The Morgan fingerprint density at radius 3 is 2.63 bits per heavy atom. The van der Waals surface area contributed by atoms with Crippen molar-refractivity contribution < 1.29 is 18.3 Å². The molecule has 0 unspecified atom stereocenters. The van der Waals surface area contributed by atoms with E-state index >= 15 is 0 Å². The lowest BCUT2D eigenvalue weighted by Crippen LogP contribution is -2.37. The fourth-order valence-electron chi connectivity index (χ4n) is 2.55. The zero-order chi connectivity index (χ0) is 19.7. The van der Waals surface area contributed by atoms with E-state index in [-0.39, 0.29) is 28.0 Å². The molecular formula is C17H14F2N4O4. The van der Waals surface area contributed by atoms with Crippen LogP contribution in [0.3, 0.4) is 0 Å². The summed E-state index contributed by atoms with van der Waals surface area (Å²) in [6.45, 7) is -3.00. The Kier molecular flexibility index (Phi) is 4.72. The Bertz CT molecular complexity index is 1150. The van der Waals surface area contributed by atoms with Crippen LogP contribution in [0.1, 0.15) is 10.4 Å². The van der Waals surface area contributed by atoms with Crippen LogP contribution in [0.4, 0.5) is 14.5 Å². The van der Waals surface area contributed by atoms with E-state index in [4.69, 9.17) is 0 Å². The Morgan fingerprint density at radius 2 is 1.93 bits per heavy atom. The van der Waals surface area contributed by atoms with Gasteiger partial charge < -0.3 is 10.1 Å². The van der Waals surface area contributed by atoms with Gasteiger partial charge >= 0.3 is 12.3 Å². The quantitative estimate of drug-likeness (QED) is 0.744. The largest absolute Gasteiger partial charge is 0.435 e. The van der Waals surface area contributed by atoms with E-state index in [0.717, 1.165) is 4.57 Å². The molecule has 3 rings (SSSR count). The molecule has 0 aliphatic heterocycles. The summed E-state index contributed by atoms with van der Waals surface area (Å²) in [6.07, 6.45) is 1.29. The number of aryl methyl sites for hydroxylation is 1. The predicted molar refractivity (Wildman–Crippen MR) is 93.3 cm³/mol. The highest BCUT2D eigenvalue weighted by molar-refractivity contribution is 6.05. The molecule has 0 saturated heterocycles. The van der Waals surface area contributed by atoms with E-state index in [2.05, 4.69) is 15.0 Å². The van der Waals surface area contributed by atoms with Crippen molar-refractivity contribution in [2.24, 2.45) is 14.1 Å². The third-order valence-corrected chi connectivity index (χ3v) is 3.87. The molecule has 0 saturated carbocycles. The summed E-state index contributed by atoms with van der Waals surface area (Å²) in [5.74, 6) is -0.754. The maximum Gasteiger partial charge on any atom is 0.387 e. The van der Waals surface area contributed by atoms with Crippen LogP contribution in [0.2, 0.25) is 0 Å². The van der Waals surface area contributed by atoms with Gasteiger partial charge in [0.05, 0.1) is 17.3 Å². The molecule has 1 amide bonds. The van der Waals surface area contributed by atoms with E-state index in [1.54, 1.807) is 0 Å². The normalized spacial score (nSPS) is 11.0. The van der Waals surface area contributed by atoms with E-state index < -0.39 is 23.8 Å². The number of nitrogens with one attached hydrogen (secondary N) is 1. The number of amides is 1. The van der Waals surface area contributed by atoms with Gasteiger partial charge in [-0.15, -0.1) is 0 Å². The van der Waals surface area contributed by atoms with Gasteiger partial charge in [-0.2, -0.15) is 8.78 Å². The number of fused-ring (bicyclic) bond motifs is 1. The molecule has 0 aliphatic carbocycles. The third kappa shape index (κ3) is 3.54. The molecule has 1 aromatic carbocycles.